The average Bonchev–Trinajstić information content (AvgIpc) is 2.69. The molecule has 0 spiro atoms. The SMILES string of the molecule is CC[C@@H](CNc1cccc(OCC(C)C)c1)Oc1ccccc1[C@H](C)CC. The lowest BCUT2D eigenvalue weighted by molar-refractivity contribution is 0.207. The average molecular weight is 370 g/mol. The monoisotopic (exact) mass is 369 g/mol. The summed E-state index contributed by atoms with van der Waals surface area (Å²) in [5, 5.41) is 3.50. The molecular weight excluding hydrogens is 334 g/mol. The van der Waals surface area contributed by atoms with E-state index in [0.717, 1.165) is 43.2 Å². The Bertz CT molecular complexity index is 684. The van der Waals surface area contributed by atoms with Crippen LogP contribution in [0.5, 0.6) is 11.5 Å². The Labute approximate surface area is 165 Å². The maximum Gasteiger partial charge on any atom is 0.123 e. The molecule has 2 rings (SSSR count). The first-order chi connectivity index (χ1) is 13.0. The first-order valence-corrected chi connectivity index (χ1v) is 10.3. The summed E-state index contributed by atoms with van der Waals surface area (Å²) in [6.07, 6.45) is 2.18. The van der Waals surface area contributed by atoms with Crippen molar-refractivity contribution in [2.45, 2.75) is 59.5 Å². The van der Waals surface area contributed by atoms with Crippen molar-refractivity contribution in [2.24, 2.45) is 5.92 Å². The highest BCUT2D eigenvalue weighted by atomic mass is 16.5. The zero-order valence-corrected chi connectivity index (χ0v) is 17.5. The zero-order valence-electron chi connectivity index (χ0n) is 17.5. The van der Waals surface area contributed by atoms with Crippen molar-refractivity contribution >= 4 is 5.69 Å². The molecule has 0 unspecified atom stereocenters. The van der Waals surface area contributed by atoms with Crippen molar-refractivity contribution in [1.82, 2.24) is 0 Å². The van der Waals surface area contributed by atoms with Crippen LogP contribution in [0.1, 0.15) is 58.9 Å². The van der Waals surface area contributed by atoms with Gasteiger partial charge in [0.05, 0.1) is 13.2 Å². The summed E-state index contributed by atoms with van der Waals surface area (Å²) in [7, 11) is 0. The van der Waals surface area contributed by atoms with Crippen LogP contribution in [-0.4, -0.2) is 19.3 Å². The fraction of sp³-hybridized carbons (Fsp3) is 0.500. The molecule has 27 heavy (non-hydrogen) atoms. The third-order valence-corrected chi connectivity index (χ3v) is 4.76. The van der Waals surface area contributed by atoms with Gasteiger partial charge in [0.2, 0.25) is 0 Å². The van der Waals surface area contributed by atoms with Gasteiger partial charge in [-0.15, -0.1) is 0 Å². The van der Waals surface area contributed by atoms with Gasteiger partial charge in [-0.3, -0.25) is 0 Å². The predicted octanol–water partition coefficient (Wildman–Crippen LogP) is 6.50. The molecule has 148 valence electrons. The van der Waals surface area contributed by atoms with Crippen molar-refractivity contribution in [3.63, 3.8) is 0 Å². The minimum absolute atomic E-state index is 0.121. The molecule has 0 aromatic heterocycles. The third kappa shape index (κ3) is 6.82. The third-order valence-electron chi connectivity index (χ3n) is 4.76. The highest BCUT2D eigenvalue weighted by molar-refractivity contribution is 5.48. The van der Waals surface area contributed by atoms with Gasteiger partial charge in [-0.05, 0) is 48.4 Å². The Hall–Kier alpha value is -2.16. The van der Waals surface area contributed by atoms with E-state index in [2.05, 4.69) is 76.3 Å². The summed E-state index contributed by atoms with van der Waals surface area (Å²) >= 11 is 0. The summed E-state index contributed by atoms with van der Waals surface area (Å²) in [4.78, 5) is 0. The van der Waals surface area contributed by atoms with Crippen molar-refractivity contribution < 1.29 is 9.47 Å². The maximum absolute atomic E-state index is 6.35. The van der Waals surface area contributed by atoms with E-state index in [1.54, 1.807) is 0 Å². The largest absolute Gasteiger partial charge is 0.493 e. The second-order valence-electron chi connectivity index (χ2n) is 7.61. The standard InChI is InChI=1S/C24H35NO2/c1-6-19(5)23-13-8-9-14-24(23)27-21(7-2)16-25-20-11-10-12-22(15-20)26-17-18(3)4/h8-15,18-19,21,25H,6-7,16-17H2,1-5H3/t19-,21+/m1/s1. The van der Waals surface area contributed by atoms with Gasteiger partial charge in [0.25, 0.3) is 0 Å². The minimum Gasteiger partial charge on any atom is -0.493 e. The fourth-order valence-electron chi connectivity index (χ4n) is 2.85. The summed E-state index contributed by atoms with van der Waals surface area (Å²) < 4.78 is 12.2. The van der Waals surface area contributed by atoms with E-state index < -0.39 is 0 Å². The van der Waals surface area contributed by atoms with Crippen LogP contribution in [-0.2, 0) is 0 Å². The van der Waals surface area contributed by atoms with Gasteiger partial charge in [-0.1, -0.05) is 58.9 Å². The predicted molar refractivity (Wildman–Crippen MR) is 115 cm³/mol. The Balaban J connectivity index is 1.97. The molecule has 2 aromatic rings. The van der Waals surface area contributed by atoms with Crippen LogP contribution in [0.2, 0.25) is 0 Å². The van der Waals surface area contributed by atoms with Crippen molar-refractivity contribution in [3.8, 4) is 11.5 Å². The summed E-state index contributed by atoms with van der Waals surface area (Å²) in [5.41, 5.74) is 2.36. The van der Waals surface area contributed by atoms with E-state index in [-0.39, 0.29) is 6.10 Å². The summed E-state index contributed by atoms with van der Waals surface area (Å²) in [5.74, 6) is 2.94. The Morgan fingerprint density at radius 2 is 1.70 bits per heavy atom. The fourth-order valence-corrected chi connectivity index (χ4v) is 2.85. The quantitative estimate of drug-likeness (QED) is 0.490. The second-order valence-corrected chi connectivity index (χ2v) is 7.61. The molecule has 0 heterocycles. The lowest BCUT2D eigenvalue weighted by atomic mass is 9.98. The Morgan fingerprint density at radius 3 is 2.41 bits per heavy atom. The van der Waals surface area contributed by atoms with Crippen LogP contribution in [0.15, 0.2) is 48.5 Å². The van der Waals surface area contributed by atoms with Gasteiger partial charge in [-0.2, -0.15) is 0 Å². The van der Waals surface area contributed by atoms with Gasteiger partial charge in [0.15, 0.2) is 0 Å². The number of nitrogens with one attached hydrogen (secondary N) is 1. The molecule has 0 saturated carbocycles. The molecule has 3 nitrogen and oxygen atoms in total. The Morgan fingerprint density at radius 1 is 0.926 bits per heavy atom. The first-order valence-electron chi connectivity index (χ1n) is 10.3. The number of hydrogen-bond acceptors (Lipinski definition) is 3. The molecule has 0 aliphatic heterocycles. The van der Waals surface area contributed by atoms with E-state index >= 15 is 0 Å². The molecule has 0 saturated heterocycles. The molecule has 0 aliphatic carbocycles. The summed E-state index contributed by atoms with van der Waals surface area (Å²) in [6.45, 7) is 12.4. The van der Waals surface area contributed by atoms with Crippen molar-refractivity contribution in [2.75, 3.05) is 18.5 Å². The van der Waals surface area contributed by atoms with Crippen LogP contribution in [0.25, 0.3) is 0 Å². The lowest BCUT2D eigenvalue weighted by Crippen LogP contribution is -2.26. The topological polar surface area (TPSA) is 30.5 Å². The van der Waals surface area contributed by atoms with Gasteiger partial charge >= 0.3 is 0 Å². The van der Waals surface area contributed by atoms with E-state index in [1.807, 2.05) is 12.1 Å². The molecule has 0 amide bonds. The van der Waals surface area contributed by atoms with E-state index in [0.29, 0.717) is 11.8 Å². The number of ether oxygens (including phenoxy) is 2. The van der Waals surface area contributed by atoms with E-state index in [9.17, 15) is 0 Å². The molecule has 3 heteroatoms. The molecule has 0 fully saturated rings. The number of rotatable bonds is 11. The normalized spacial score (nSPS) is 13.3. The number of anilines is 1. The molecular formula is C24H35NO2. The molecule has 0 radical (unpaired) electrons. The molecule has 2 atom stereocenters. The van der Waals surface area contributed by atoms with Gasteiger partial charge < -0.3 is 14.8 Å². The highest BCUT2D eigenvalue weighted by Crippen LogP contribution is 2.29. The maximum atomic E-state index is 6.35. The van der Waals surface area contributed by atoms with Crippen LogP contribution in [0.3, 0.4) is 0 Å². The smallest absolute Gasteiger partial charge is 0.123 e. The Kier molecular flexibility index (Phi) is 8.50. The number of benzene rings is 2. The lowest BCUT2D eigenvalue weighted by Gasteiger charge is -2.22. The van der Waals surface area contributed by atoms with Gasteiger partial charge in [0.1, 0.15) is 17.6 Å². The van der Waals surface area contributed by atoms with Crippen molar-refractivity contribution in [3.05, 3.63) is 54.1 Å². The van der Waals surface area contributed by atoms with Crippen LogP contribution in [0, 0.1) is 5.92 Å². The summed E-state index contributed by atoms with van der Waals surface area (Å²) in [6, 6.07) is 16.6. The van der Waals surface area contributed by atoms with E-state index in [4.69, 9.17) is 9.47 Å². The van der Waals surface area contributed by atoms with Crippen LogP contribution >= 0.6 is 0 Å². The highest BCUT2D eigenvalue weighted by Gasteiger charge is 2.14. The van der Waals surface area contributed by atoms with Crippen molar-refractivity contribution in [1.29, 1.82) is 0 Å². The zero-order chi connectivity index (χ0) is 19.6. The number of para-hydroxylation sites is 1. The first kappa shape index (κ1) is 21.1. The second kappa shape index (κ2) is 10.9. The van der Waals surface area contributed by atoms with Gasteiger partial charge in [-0.25, -0.2) is 0 Å². The van der Waals surface area contributed by atoms with Crippen LogP contribution in [0.4, 0.5) is 5.69 Å². The number of hydrogen-bond donors (Lipinski definition) is 1. The molecule has 1 N–H and O–H groups in total. The van der Waals surface area contributed by atoms with E-state index in [1.165, 1.54) is 5.56 Å². The minimum atomic E-state index is 0.121. The molecule has 2 aromatic carbocycles. The van der Waals surface area contributed by atoms with Crippen LogP contribution < -0.4 is 14.8 Å². The molecule has 0 aliphatic rings. The molecule has 0 bridgehead atoms. The van der Waals surface area contributed by atoms with Gasteiger partial charge in [0, 0.05) is 11.8 Å².